The molecule has 3 heterocycles. The van der Waals surface area contributed by atoms with E-state index >= 15 is 0 Å². The van der Waals surface area contributed by atoms with Gasteiger partial charge in [0.1, 0.15) is 6.07 Å². The van der Waals surface area contributed by atoms with Crippen molar-refractivity contribution in [3.63, 3.8) is 0 Å². The van der Waals surface area contributed by atoms with Gasteiger partial charge >= 0.3 is 0 Å². The van der Waals surface area contributed by atoms with Gasteiger partial charge in [0.05, 0.1) is 45.6 Å². The molecule has 15 rings (SSSR count). The van der Waals surface area contributed by atoms with E-state index in [9.17, 15) is 5.26 Å². The van der Waals surface area contributed by atoms with Crippen molar-refractivity contribution in [3.05, 3.63) is 302 Å². The summed E-state index contributed by atoms with van der Waals surface area (Å²) in [4.78, 5) is 19.7. The van der Waals surface area contributed by atoms with E-state index < -0.39 is 0 Å². The van der Waals surface area contributed by atoms with Gasteiger partial charge in [-0.3, -0.25) is 0 Å². The first-order chi connectivity index (χ1) is 41.5. The van der Waals surface area contributed by atoms with Crippen LogP contribution in [0.25, 0.3) is 150 Å². The van der Waals surface area contributed by atoms with Gasteiger partial charge < -0.3 is 9.13 Å². The highest BCUT2D eigenvalue weighted by atomic mass is 15.0. The van der Waals surface area contributed by atoms with E-state index in [-0.39, 0.29) is 0 Å². The van der Waals surface area contributed by atoms with Crippen molar-refractivity contribution < 1.29 is 0 Å². The minimum atomic E-state index is 0.419. The van der Waals surface area contributed by atoms with Crippen LogP contribution in [0.2, 0.25) is 0 Å². The van der Waals surface area contributed by atoms with Gasteiger partial charge in [-0.2, -0.15) is 5.26 Å². The van der Waals surface area contributed by atoms with Gasteiger partial charge in [-0.1, -0.05) is 200 Å². The van der Waals surface area contributed by atoms with Crippen molar-refractivity contribution in [2.75, 3.05) is 0 Å². The fraction of sp³-hybridized carbons (Fsp3) is 0. The zero-order valence-electron chi connectivity index (χ0n) is 45.3. The molecule has 7 nitrogen and oxygen atoms in total. The first-order valence-corrected chi connectivity index (χ1v) is 27.9. The maximum absolute atomic E-state index is 11.2. The number of fused-ring (bicyclic) bond motifs is 6. The molecule has 0 radical (unpaired) electrons. The van der Waals surface area contributed by atoms with Crippen LogP contribution in [-0.4, -0.2) is 24.1 Å². The molecule has 15 aromatic rings. The number of hydrogen-bond donors (Lipinski definition) is 0. The van der Waals surface area contributed by atoms with E-state index in [0.29, 0.717) is 34.3 Å². The number of hydrogen-bond acceptors (Lipinski definition) is 4. The van der Waals surface area contributed by atoms with Gasteiger partial charge in [-0.05, 0) is 141 Å². The number of para-hydroxylation sites is 1. The van der Waals surface area contributed by atoms with Crippen LogP contribution in [0, 0.1) is 17.9 Å². The summed E-state index contributed by atoms with van der Waals surface area (Å²) < 4.78 is 4.53. The SMILES string of the molecule is [C-]#[N+]c1ccccc1-c1cc(-c2nc(-c3ccccc3)nc(-c3ccc(-n4c5ccc(-c6ccccc6)cc5c5cc(-c6ccccc6)ccc54)c(C#N)c3)n2)ccc1-n1c2ccc(-c3ccccc3)cc2c2cc(-c3ccccc3)ccc21. The summed E-state index contributed by atoms with van der Waals surface area (Å²) in [5, 5.41) is 15.6. The maximum atomic E-state index is 11.2. The summed E-state index contributed by atoms with van der Waals surface area (Å²) >= 11 is 0. The number of aromatic nitrogens is 5. The largest absolute Gasteiger partial charge is 0.309 e. The lowest BCUT2D eigenvalue weighted by molar-refractivity contribution is 1.07. The molecule has 0 atom stereocenters. The highest BCUT2D eigenvalue weighted by molar-refractivity contribution is 6.13. The van der Waals surface area contributed by atoms with Crippen molar-refractivity contribution in [2.45, 2.75) is 0 Å². The smallest absolute Gasteiger partial charge is 0.194 e. The van der Waals surface area contributed by atoms with E-state index in [1.165, 1.54) is 0 Å². The maximum Gasteiger partial charge on any atom is 0.194 e. The normalized spacial score (nSPS) is 11.3. The minimum absolute atomic E-state index is 0.419. The molecule has 0 spiro atoms. The number of nitrogens with zero attached hydrogens (tertiary/aromatic N) is 7. The average molecular weight is 1070 g/mol. The number of nitriles is 1. The highest BCUT2D eigenvalue weighted by Gasteiger charge is 2.23. The van der Waals surface area contributed by atoms with Crippen LogP contribution in [0.4, 0.5) is 5.69 Å². The molecule has 0 fully saturated rings. The summed E-state index contributed by atoms with van der Waals surface area (Å²) in [5.74, 6) is 1.35. The molecule has 12 aromatic carbocycles. The molecule has 3 aromatic heterocycles. The molecule has 0 amide bonds. The lowest BCUT2D eigenvalue weighted by Gasteiger charge is -2.17. The Hall–Kier alpha value is -11.8. The molecule has 0 N–H and O–H groups in total. The third kappa shape index (κ3) is 8.65. The standard InChI is InChI=1S/C77H47N7/c1-79-68-30-18-17-29-62(68)63-48-60(36-42-70(63)84-73-40-33-57(52-23-11-4-12-24-52)46-66(73)67-47-58(34-41-74(67)84)53-25-13-5-14-26-53)77-81-75(54-27-15-6-16-28-54)80-76(82-77)59-35-37-69(61(43-59)49-78)83-71-38-31-55(50-19-7-2-8-20-50)44-64(71)65-45-56(32-39-72(65)83)51-21-9-3-10-22-51/h2-48H. The van der Waals surface area contributed by atoms with Crippen LogP contribution in [0.1, 0.15) is 5.56 Å². The molecule has 0 saturated heterocycles. The molecular weight excluding hydrogens is 1020 g/mol. The Kier molecular flexibility index (Phi) is 12.2. The first-order valence-electron chi connectivity index (χ1n) is 27.9. The Morgan fingerprint density at radius 3 is 1.04 bits per heavy atom. The third-order valence-corrected chi connectivity index (χ3v) is 16.1. The quantitative estimate of drug-likeness (QED) is 0.128. The molecule has 84 heavy (non-hydrogen) atoms. The monoisotopic (exact) mass is 1070 g/mol. The molecule has 0 unspecified atom stereocenters. The number of rotatable bonds is 10. The van der Waals surface area contributed by atoms with Gasteiger partial charge in [-0.25, -0.2) is 19.8 Å². The summed E-state index contributed by atoms with van der Waals surface area (Å²) in [7, 11) is 0. The molecule has 0 saturated carbocycles. The van der Waals surface area contributed by atoms with Gasteiger partial charge in [0.25, 0.3) is 0 Å². The molecule has 7 heteroatoms. The molecule has 0 aliphatic heterocycles. The molecular formula is C77H47N7. The first kappa shape index (κ1) is 49.3. The Morgan fingerprint density at radius 1 is 0.298 bits per heavy atom. The van der Waals surface area contributed by atoms with Gasteiger partial charge in [0, 0.05) is 38.2 Å². The van der Waals surface area contributed by atoms with Crippen LogP contribution in [0.5, 0.6) is 0 Å². The van der Waals surface area contributed by atoms with E-state index in [1.54, 1.807) is 0 Å². The van der Waals surface area contributed by atoms with Gasteiger partial charge in [0.2, 0.25) is 0 Å². The van der Waals surface area contributed by atoms with E-state index in [2.05, 4.69) is 208 Å². The van der Waals surface area contributed by atoms with E-state index in [0.717, 1.165) is 122 Å². The van der Waals surface area contributed by atoms with Crippen molar-refractivity contribution >= 4 is 49.3 Å². The van der Waals surface area contributed by atoms with Gasteiger partial charge in [-0.15, -0.1) is 0 Å². The fourth-order valence-corrected chi connectivity index (χ4v) is 12.0. The van der Waals surface area contributed by atoms with E-state index in [1.807, 2.05) is 97.1 Å². The Morgan fingerprint density at radius 2 is 0.631 bits per heavy atom. The third-order valence-electron chi connectivity index (χ3n) is 16.1. The van der Waals surface area contributed by atoms with Crippen LogP contribution in [0.3, 0.4) is 0 Å². The van der Waals surface area contributed by atoms with Crippen molar-refractivity contribution in [1.82, 2.24) is 24.1 Å². The van der Waals surface area contributed by atoms with Crippen LogP contribution in [0.15, 0.2) is 285 Å². The Balaban J connectivity index is 0.905. The van der Waals surface area contributed by atoms with Gasteiger partial charge in [0.15, 0.2) is 23.2 Å². The second kappa shape index (κ2) is 20.7. The van der Waals surface area contributed by atoms with Crippen LogP contribution >= 0.6 is 0 Å². The minimum Gasteiger partial charge on any atom is -0.309 e. The second-order valence-corrected chi connectivity index (χ2v) is 20.9. The molecule has 0 bridgehead atoms. The average Bonchev–Trinajstić information content (AvgIpc) is 2.38. The number of benzene rings is 12. The topological polar surface area (TPSA) is 76.7 Å². The predicted octanol–water partition coefficient (Wildman–Crippen LogP) is 19.8. The van der Waals surface area contributed by atoms with Crippen molar-refractivity contribution in [3.8, 4) is 107 Å². The Bertz CT molecular complexity index is 4940. The van der Waals surface area contributed by atoms with Crippen LogP contribution in [-0.2, 0) is 0 Å². The second-order valence-electron chi connectivity index (χ2n) is 20.9. The zero-order chi connectivity index (χ0) is 56.1. The lowest BCUT2D eigenvalue weighted by Crippen LogP contribution is -2.03. The summed E-state index contributed by atoms with van der Waals surface area (Å²) in [6, 6.07) is 101. The predicted molar refractivity (Wildman–Crippen MR) is 343 cm³/mol. The van der Waals surface area contributed by atoms with Crippen LogP contribution < -0.4 is 0 Å². The molecule has 390 valence electrons. The highest BCUT2D eigenvalue weighted by Crippen LogP contribution is 2.44. The fourth-order valence-electron chi connectivity index (χ4n) is 12.0. The summed E-state index contributed by atoms with van der Waals surface area (Å²) in [6.07, 6.45) is 0. The summed E-state index contributed by atoms with van der Waals surface area (Å²) in [6.45, 7) is 8.43. The van der Waals surface area contributed by atoms with Crippen molar-refractivity contribution in [1.29, 1.82) is 5.26 Å². The molecule has 0 aliphatic carbocycles. The zero-order valence-corrected chi connectivity index (χ0v) is 45.3. The lowest BCUT2D eigenvalue weighted by atomic mass is 9.98. The Labute approximate surface area is 485 Å². The molecule has 0 aliphatic rings. The van der Waals surface area contributed by atoms with E-state index in [4.69, 9.17) is 21.5 Å². The summed E-state index contributed by atoms with van der Waals surface area (Å²) in [5.41, 5.74) is 19.5. The van der Waals surface area contributed by atoms with Crippen molar-refractivity contribution in [2.24, 2.45) is 0 Å².